The van der Waals surface area contributed by atoms with Crippen LogP contribution in [-0.4, -0.2) is 20.3 Å². The van der Waals surface area contributed by atoms with Gasteiger partial charge in [0.25, 0.3) is 0 Å². The van der Waals surface area contributed by atoms with Gasteiger partial charge in [-0.05, 0) is 55.3 Å². The van der Waals surface area contributed by atoms with E-state index >= 15 is 0 Å². The van der Waals surface area contributed by atoms with Crippen LogP contribution in [0.4, 0.5) is 5.69 Å². The van der Waals surface area contributed by atoms with Crippen LogP contribution in [0, 0.1) is 0 Å². The summed E-state index contributed by atoms with van der Waals surface area (Å²) >= 11 is 5.98. The molecule has 0 saturated heterocycles. The molecule has 126 valence electrons. The number of halogens is 1. The van der Waals surface area contributed by atoms with Gasteiger partial charge in [-0.2, -0.15) is 0 Å². The highest BCUT2D eigenvalue weighted by Crippen LogP contribution is 2.41. The molecule has 0 amide bonds. The van der Waals surface area contributed by atoms with Crippen molar-refractivity contribution in [2.75, 3.05) is 11.0 Å². The van der Waals surface area contributed by atoms with Crippen molar-refractivity contribution in [2.24, 2.45) is 0 Å². The molecular formula is C18H18ClNO3S. The minimum absolute atomic E-state index is 0.476. The first-order valence-corrected chi connectivity index (χ1v) is 9.70. The van der Waals surface area contributed by atoms with Gasteiger partial charge in [-0.15, -0.1) is 0 Å². The third-order valence-corrected chi connectivity index (χ3v) is 4.45. The summed E-state index contributed by atoms with van der Waals surface area (Å²) in [6.07, 6.45) is 3.18. The SMILES string of the molecule is CC1(C)C=C(c2ccc(Cl)cc2)c2ccc(NS(C)(=O)=O)cc2O1. The van der Waals surface area contributed by atoms with Crippen molar-refractivity contribution >= 4 is 32.9 Å². The largest absolute Gasteiger partial charge is 0.483 e. The van der Waals surface area contributed by atoms with Crippen LogP contribution in [-0.2, 0) is 10.0 Å². The molecule has 0 aromatic heterocycles. The zero-order chi connectivity index (χ0) is 17.5. The number of hydrogen-bond acceptors (Lipinski definition) is 3. The summed E-state index contributed by atoms with van der Waals surface area (Å²) in [6.45, 7) is 3.92. The Balaban J connectivity index is 2.09. The van der Waals surface area contributed by atoms with Gasteiger partial charge >= 0.3 is 0 Å². The molecule has 1 aliphatic rings. The maximum Gasteiger partial charge on any atom is 0.229 e. The number of benzene rings is 2. The molecule has 0 unspecified atom stereocenters. The summed E-state index contributed by atoms with van der Waals surface area (Å²) in [5, 5.41) is 0.679. The lowest BCUT2D eigenvalue weighted by Gasteiger charge is -2.31. The van der Waals surface area contributed by atoms with Gasteiger partial charge < -0.3 is 4.74 Å². The third-order valence-electron chi connectivity index (χ3n) is 3.60. The van der Waals surface area contributed by atoms with Crippen LogP contribution in [0.5, 0.6) is 5.75 Å². The van der Waals surface area contributed by atoms with E-state index < -0.39 is 15.6 Å². The summed E-state index contributed by atoms with van der Waals surface area (Å²) in [5.74, 6) is 0.640. The topological polar surface area (TPSA) is 55.4 Å². The van der Waals surface area contributed by atoms with E-state index in [1.165, 1.54) is 0 Å². The second-order valence-electron chi connectivity index (χ2n) is 6.36. The van der Waals surface area contributed by atoms with E-state index in [-0.39, 0.29) is 0 Å². The Morgan fingerprint density at radius 1 is 1.08 bits per heavy atom. The van der Waals surface area contributed by atoms with Gasteiger partial charge in [-0.25, -0.2) is 8.42 Å². The molecule has 0 radical (unpaired) electrons. The Morgan fingerprint density at radius 2 is 1.75 bits per heavy atom. The number of rotatable bonds is 3. The predicted molar refractivity (Wildman–Crippen MR) is 98.1 cm³/mol. The molecule has 0 bridgehead atoms. The van der Waals surface area contributed by atoms with Gasteiger partial charge in [0.15, 0.2) is 0 Å². The minimum atomic E-state index is -3.34. The van der Waals surface area contributed by atoms with Crippen LogP contribution < -0.4 is 9.46 Å². The zero-order valence-corrected chi connectivity index (χ0v) is 15.2. The van der Waals surface area contributed by atoms with Crippen molar-refractivity contribution in [3.8, 4) is 5.75 Å². The fourth-order valence-corrected chi connectivity index (χ4v) is 3.39. The van der Waals surface area contributed by atoms with Gasteiger partial charge in [-0.3, -0.25) is 4.72 Å². The maximum atomic E-state index is 11.4. The van der Waals surface area contributed by atoms with Crippen LogP contribution in [0.3, 0.4) is 0 Å². The highest BCUT2D eigenvalue weighted by atomic mass is 35.5. The summed E-state index contributed by atoms with van der Waals surface area (Å²) < 4.78 is 31.4. The lowest BCUT2D eigenvalue weighted by Crippen LogP contribution is -2.29. The first-order valence-electron chi connectivity index (χ1n) is 7.43. The fourth-order valence-electron chi connectivity index (χ4n) is 2.71. The maximum absolute atomic E-state index is 11.4. The second-order valence-corrected chi connectivity index (χ2v) is 8.54. The van der Waals surface area contributed by atoms with Crippen molar-refractivity contribution in [3.05, 3.63) is 64.7 Å². The van der Waals surface area contributed by atoms with Crippen LogP contribution in [0.25, 0.3) is 5.57 Å². The van der Waals surface area contributed by atoms with E-state index in [0.717, 1.165) is 23.0 Å². The van der Waals surface area contributed by atoms with Crippen LogP contribution >= 0.6 is 11.6 Å². The molecule has 3 rings (SSSR count). The van der Waals surface area contributed by atoms with E-state index in [1.54, 1.807) is 12.1 Å². The first-order chi connectivity index (χ1) is 11.1. The molecule has 1 aliphatic heterocycles. The molecule has 1 heterocycles. The Labute approximate surface area is 147 Å². The summed E-state index contributed by atoms with van der Waals surface area (Å²) in [5.41, 5.74) is 2.94. The normalized spacial score (nSPS) is 15.9. The van der Waals surface area contributed by atoms with Crippen molar-refractivity contribution in [3.63, 3.8) is 0 Å². The van der Waals surface area contributed by atoms with E-state index in [2.05, 4.69) is 10.8 Å². The summed E-state index contributed by atoms with van der Waals surface area (Å²) in [4.78, 5) is 0. The van der Waals surface area contributed by atoms with Gasteiger partial charge in [-0.1, -0.05) is 23.7 Å². The van der Waals surface area contributed by atoms with Crippen molar-refractivity contribution < 1.29 is 13.2 Å². The quantitative estimate of drug-likeness (QED) is 0.883. The molecule has 0 aliphatic carbocycles. The molecule has 24 heavy (non-hydrogen) atoms. The predicted octanol–water partition coefficient (Wildman–Crippen LogP) is 4.31. The van der Waals surface area contributed by atoms with Gasteiger partial charge in [0, 0.05) is 16.7 Å². The summed E-state index contributed by atoms with van der Waals surface area (Å²) in [7, 11) is -3.34. The molecule has 0 atom stereocenters. The van der Waals surface area contributed by atoms with Crippen molar-refractivity contribution in [1.29, 1.82) is 0 Å². The standard InChI is InChI=1S/C18H18ClNO3S/c1-18(2)11-16(12-4-6-13(19)7-5-12)15-9-8-14(10-17(15)23-18)20-24(3,21)22/h4-11,20H,1-3H3. The van der Waals surface area contributed by atoms with E-state index in [4.69, 9.17) is 16.3 Å². The van der Waals surface area contributed by atoms with Crippen LogP contribution in [0.15, 0.2) is 48.5 Å². The lowest BCUT2D eigenvalue weighted by molar-refractivity contribution is 0.158. The van der Waals surface area contributed by atoms with Crippen molar-refractivity contribution in [2.45, 2.75) is 19.4 Å². The highest BCUT2D eigenvalue weighted by molar-refractivity contribution is 7.92. The summed E-state index contributed by atoms with van der Waals surface area (Å²) in [6, 6.07) is 12.9. The second kappa shape index (κ2) is 5.83. The molecule has 6 heteroatoms. The van der Waals surface area contributed by atoms with E-state index in [9.17, 15) is 8.42 Å². The molecule has 0 spiro atoms. The van der Waals surface area contributed by atoms with Gasteiger partial charge in [0.2, 0.25) is 10.0 Å². The Kier molecular flexibility index (Phi) is 4.10. The van der Waals surface area contributed by atoms with Crippen molar-refractivity contribution in [1.82, 2.24) is 0 Å². The molecule has 1 N–H and O–H groups in total. The minimum Gasteiger partial charge on any atom is -0.483 e. The van der Waals surface area contributed by atoms with Gasteiger partial charge in [0.05, 0.1) is 11.9 Å². The Morgan fingerprint density at radius 3 is 2.38 bits per heavy atom. The zero-order valence-electron chi connectivity index (χ0n) is 13.6. The number of anilines is 1. The molecule has 0 saturated carbocycles. The van der Waals surface area contributed by atoms with E-state index in [1.807, 2.05) is 44.2 Å². The number of fused-ring (bicyclic) bond motifs is 1. The number of ether oxygens (including phenoxy) is 1. The fraction of sp³-hybridized carbons (Fsp3) is 0.222. The molecular weight excluding hydrogens is 346 g/mol. The number of sulfonamides is 1. The van der Waals surface area contributed by atoms with Crippen LogP contribution in [0.1, 0.15) is 25.0 Å². The third kappa shape index (κ3) is 3.74. The average Bonchev–Trinajstić information content (AvgIpc) is 2.44. The Bertz CT molecular complexity index is 916. The molecule has 4 nitrogen and oxygen atoms in total. The van der Waals surface area contributed by atoms with Gasteiger partial charge in [0.1, 0.15) is 11.4 Å². The average molecular weight is 364 g/mol. The molecule has 0 fully saturated rings. The first kappa shape index (κ1) is 16.9. The Hall–Kier alpha value is -1.98. The lowest BCUT2D eigenvalue weighted by atomic mass is 9.90. The molecule has 2 aromatic carbocycles. The number of hydrogen-bond donors (Lipinski definition) is 1. The van der Waals surface area contributed by atoms with E-state index in [0.29, 0.717) is 16.5 Å². The highest BCUT2D eigenvalue weighted by Gasteiger charge is 2.27. The van der Waals surface area contributed by atoms with Crippen LogP contribution in [0.2, 0.25) is 5.02 Å². The number of nitrogens with one attached hydrogen (secondary N) is 1. The molecule has 2 aromatic rings. The monoisotopic (exact) mass is 363 g/mol. The smallest absolute Gasteiger partial charge is 0.229 e.